The van der Waals surface area contributed by atoms with Crippen molar-refractivity contribution in [2.45, 2.75) is 12.3 Å². The predicted octanol–water partition coefficient (Wildman–Crippen LogP) is 2.79. The number of phenolic OH excluding ortho intramolecular Hbond substituents is 1. The van der Waals surface area contributed by atoms with Gasteiger partial charge in [-0.2, -0.15) is 0 Å². The standard InChI is InChI=1S/C19H18N2O2/c20-11-18(15-2-1-3-17(22)10-15)19(23)9-13-4-5-16-12-21-7-6-14(16)8-13/h1-8,10,12,18,22H,9,11,20H2. The van der Waals surface area contributed by atoms with E-state index in [4.69, 9.17) is 5.73 Å². The lowest BCUT2D eigenvalue weighted by molar-refractivity contribution is -0.119. The van der Waals surface area contributed by atoms with E-state index in [0.29, 0.717) is 6.42 Å². The molecule has 4 nitrogen and oxygen atoms in total. The van der Waals surface area contributed by atoms with Crippen molar-refractivity contribution in [3.05, 3.63) is 72.1 Å². The molecule has 3 N–H and O–H groups in total. The summed E-state index contributed by atoms with van der Waals surface area (Å²) in [6.07, 6.45) is 3.86. The van der Waals surface area contributed by atoms with Crippen LogP contribution in [0.15, 0.2) is 60.9 Å². The van der Waals surface area contributed by atoms with E-state index < -0.39 is 5.92 Å². The van der Waals surface area contributed by atoms with E-state index in [1.54, 1.807) is 30.6 Å². The first kappa shape index (κ1) is 15.2. The Bertz CT molecular complexity index is 845. The van der Waals surface area contributed by atoms with Gasteiger partial charge in [0.25, 0.3) is 0 Å². The maximum Gasteiger partial charge on any atom is 0.145 e. The number of ketones is 1. The van der Waals surface area contributed by atoms with Crippen LogP contribution >= 0.6 is 0 Å². The van der Waals surface area contributed by atoms with Crippen molar-refractivity contribution in [3.63, 3.8) is 0 Å². The summed E-state index contributed by atoms with van der Waals surface area (Å²) in [5.41, 5.74) is 7.49. The van der Waals surface area contributed by atoms with Crippen molar-refractivity contribution in [1.29, 1.82) is 0 Å². The Kier molecular flexibility index (Phi) is 4.35. The number of hydrogen-bond acceptors (Lipinski definition) is 4. The topological polar surface area (TPSA) is 76.2 Å². The number of carbonyl (C=O) groups is 1. The Morgan fingerprint density at radius 2 is 2.00 bits per heavy atom. The molecule has 23 heavy (non-hydrogen) atoms. The molecule has 0 spiro atoms. The number of phenols is 1. The number of carbonyl (C=O) groups excluding carboxylic acids is 1. The third-order valence-corrected chi connectivity index (χ3v) is 3.98. The molecule has 0 aliphatic rings. The van der Waals surface area contributed by atoms with Gasteiger partial charge in [0.05, 0.1) is 5.92 Å². The van der Waals surface area contributed by atoms with Crippen LogP contribution in [0.4, 0.5) is 0 Å². The number of fused-ring (bicyclic) bond motifs is 1. The zero-order valence-corrected chi connectivity index (χ0v) is 12.6. The van der Waals surface area contributed by atoms with Crippen LogP contribution in [0.3, 0.4) is 0 Å². The minimum Gasteiger partial charge on any atom is -0.508 e. The van der Waals surface area contributed by atoms with Crippen molar-refractivity contribution in [2.24, 2.45) is 5.73 Å². The molecule has 1 unspecified atom stereocenters. The van der Waals surface area contributed by atoms with E-state index in [9.17, 15) is 9.90 Å². The molecule has 0 amide bonds. The molecule has 116 valence electrons. The third-order valence-electron chi connectivity index (χ3n) is 3.98. The minimum absolute atomic E-state index is 0.0477. The van der Waals surface area contributed by atoms with Gasteiger partial charge < -0.3 is 10.8 Å². The second kappa shape index (κ2) is 6.58. The fourth-order valence-corrected chi connectivity index (χ4v) is 2.76. The van der Waals surface area contributed by atoms with Gasteiger partial charge in [-0.3, -0.25) is 9.78 Å². The van der Waals surface area contributed by atoms with E-state index in [1.165, 1.54) is 0 Å². The molecule has 4 heteroatoms. The van der Waals surface area contributed by atoms with Gasteiger partial charge in [-0.1, -0.05) is 30.3 Å². The zero-order valence-electron chi connectivity index (χ0n) is 12.6. The molecule has 3 rings (SSSR count). The van der Waals surface area contributed by atoms with Crippen molar-refractivity contribution in [1.82, 2.24) is 4.98 Å². The first-order valence-corrected chi connectivity index (χ1v) is 7.52. The first-order valence-electron chi connectivity index (χ1n) is 7.52. The molecule has 0 radical (unpaired) electrons. The Labute approximate surface area is 134 Å². The van der Waals surface area contributed by atoms with Crippen LogP contribution in [0.1, 0.15) is 17.0 Å². The zero-order chi connectivity index (χ0) is 16.2. The summed E-state index contributed by atoms with van der Waals surface area (Å²) < 4.78 is 0. The first-order chi connectivity index (χ1) is 11.2. The van der Waals surface area contributed by atoms with Crippen LogP contribution in [0.25, 0.3) is 10.8 Å². The maximum absolute atomic E-state index is 12.6. The quantitative estimate of drug-likeness (QED) is 0.760. The molecule has 3 aromatic rings. The summed E-state index contributed by atoms with van der Waals surface area (Å²) >= 11 is 0. The second-order valence-electron chi connectivity index (χ2n) is 5.58. The summed E-state index contributed by atoms with van der Waals surface area (Å²) in [5, 5.41) is 11.7. The summed E-state index contributed by atoms with van der Waals surface area (Å²) in [6, 6.07) is 14.6. The van der Waals surface area contributed by atoms with Crippen molar-refractivity contribution in [3.8, 4) is 5.75 Å². The van der Waals surface area contributed by atoms with Crippen LogP contribution in [0.2, 0.25) is 0 Å². The SMILES string of the molecule is NCC(C(=O)Cc1ccc2cnccc2c1)c1cccc(O)c1. The highest BCUT2D eigenvalue weighted by Crippen LogP contribution is 2.23. The number of nitrogens with two attached hydrogens (primary N) is 1. The Hall–Kier alpha value is -2.72. The molecule has 2 aromatic carbocycles. The second-order valence-corrected chi connectivity index (χ2v) is 5.58. The highest BCUT2D eigenvalue weighted by molar-refractivity contribution is 5.89. The molecule has 1 atom stereocenters. The van der Waals surface area contributed by atoms with Gasteiger partial charge in [0.1, 0.15) is 11.5 Å². The number of hydrogen-bond donors (Lipinski definition) is 2. The highest BCUT2D eigenvalue weighted by Gasteiger charge is 2.19. The van der Waals surface area contributed by atoms with Gasteiger partial charge in [0.2, 0.25) is 0 Å². The molecule has 0 fully saturated rings. The molecular weight excluding hydrogens is 288 g/mol. The number of pyridine rings is 1. The smallest absolute Gasteiger partial charge is 0.145 e. The van der Waals surface area contributed by atoms with Gasteiger partial charge in [-0.25, -0.2) is 0 Å². The Balaban J connectivity index is 1.83. The van der Waals surface area contributed by atoms with E-state index in [1.807, 2.05) is 30.3 Å². The number of rotatable bonds is 5. The van der Waals surface area contributed by atoms with E-state index in [-0.39, 0.29) is 18.1 Å². The van der Waals surface area contributed by atoms with Crippen LogP contribution in [-0.2, 0) is 11.2 Å². The average Bonchev–Trinajstić information content (AvgIpc) is 2.55. The molecular formula is C19H18N2O2. The van der Waals surface area contributed by atoms with Gasteiger partial charge >= 0.3 is 0 Å². The van der Waals surface area contributed by atoms with Crippen molar-refractivity contribution >= 4 is 16.6 Å². The number of aromatic hydroxyl groups is 1. The lowest BCUT2D eigenvalue weighted by atomic mass is 9.90. The summed E-state index contributed by atoms with van der Waals surface area (Å²) in [6.45, 7) is 0.222. The summed E-state index contributed by atoms with van der Waals surface area (Å²) in [7, 11) is 0. The molecule has 0 aliphatic heterocycles. The molecule has 0 bridgehead atoms. The van der Waals surface area contributed by atoms with Crippen LogP contribution in [-0.4, -0.2) is 22.4 Å². The largest absolute Gasteiger partial charge is 0.508 e. The molecule has 1 heterocycles. The minimum atomic E-state index is -0.407. The van der Waals surface area contributed by atoms with Gasteiger partial charge in [0, 0.05) is 30.7 Å². The van der Waals surface area contributed by atoms with Crippen molar-refractivity contribution in [2.75, 3.05) is 6.54 Å². The van der Waals surface area contributed by atoms with E-state index >= 15 is 0 Å². The highest BCUT2D eigenvalue weighted by atomic mass is 16.3. The monoisotopic (exact) mass is 306 g/mol. The molecule has 0 saturated heterocycles. The van der Waals surface area contributed by atoms with Crippen LogP contribution in [0, 0.1) is 0 Å². The summed E-state index contributed by atoms with van der Waals surface area (Å²) in [5.74, 6) is -0.214. The molecule has 0 saturated carbocycles. The number of aromatic nitrogens is 1. The number of benzene rings is 2. The number of Topliss-reactive ketones (excluding diaryl/α,β-unsaturated/α-hetero) is 1. The average molecular weight is 306 g/mol. The summed E-state index contributed by atoms with van der Waals surface area (Å²) in [4.78, 5) is 16.7. The van der Waals surface area contributed by atoms with Crippen LogP contribution in [0.5, 0.6) is 5.75 Å². The fraction of sp³-hybridized carbons (Fsp3) is 0.158. The van der Waals surface area contributed by atoms with Gasteiger partial charge in [-0.15, -0.1) is 0 Å². The fourth-order valence-electron chi connectivity index (χ4n) is 2.76. The Morgan fingerprint density at radius 1 is 1.13 bits per heavy atom. The molecule has 1 aromatic heterocycles. The lowest BCUT2D eigenvalue weighted by Crippen LogP contribution is -2.23. The van der Waals surface area contributed by atoms with Gasteiger partial charge in [-0.05, 0) is 34.7 Å². The van der Waals surface area contributed by atoms with E-state index in [0.717, 1.165) is 21.9 Å². The molecule has 0 aliphatic carbocycles. The maximum atomic E-state index is 12.6. The van der Waals surface area contributed by atoms with Crippen molar-refractivity contribution < 1.29 is 9.90 Å². The normalized spacial score (nSPS) is 12.2. The third kappa shape index (κ3) is 3.38. The Morgan fingerprint density at radius 3 is 2.78 bits per heavy atom. The lowest BCUT2D eigenvalue weighted by Gasteiger charge is -2.14. The number of nitrogens with zero attached hydrogens (tertiary/aromatic N) is 1. The van der Waals surface area contributed by atoms with Gasteiger partial charge in [0.15, 0.2) is 0 Å². The predicted molar refractivity (Wildman–Crippen MR) is 90.4 cm³/mol. The van der Waals surface area contributed by atoms with Crippen LogP contribution < -0.4 is 5.73 Å². The van der Waals surface area contributed by atoms with E-state index in [2.05, 4.69) is 4.98 Å².